The van der Waals surface area contributed by atoms with Crippen molar-refractivity contribution in [2.24, 2.45) is 0 Å². The third-order valence-electron chi connectivity index (χ3n) is 8.67. The Hall–Kier alpha value is -5.00. The van der Waals surface area contributed by atoms with Gasteiger partial charge in [0.25, 0.3) is 0 Å². The Balaban J connectivity index is 1.43. The van der Waals surface area contributed by atoms with Crippen molar-refractivity contribution in [2.45, 2.75) is 36.1 Å². The largest absolute Gasteiger partial charge is 0.310 e. The van der Waals surface area contributed by atoms with E-state index in [4.69, 9.17) is 0 Å². The summed E-state index contributed by atoms with van der Waals surface area (Å²) < 4.78 is 26.8. The highest BCUT2D eigenvalue weighted by atomic mass is 32.2. The van der Waals surface area contributed by atoms with Gasteiger partial charge in [-0.2, -0.15) is 0 Å². The van der Waals surface area contributed by atoms with Crippen molar-refractivity contribution in [1.82, 2.24) is 4.98 Å². The molecule has 0 radical (unpaired) electrons. The molecule has 216 valence electrons. The molecule has 1 aliphatic heterocycles. The van der Waals surface area contributed by atoms with E-state index in [1.54, 1.807) is 24.3 Å². The highest BCUT2D eigenvalue weighted by Gasteiger charge is 2.38. The lowest BCUT2D eigenvalue weighted by atomic mass is 9.72. The van der Waals surface area contributed by atoms with Crippen LogP contribution >= 0.6 is 0 Å². The molecule has 0 unspecified atom stereocenters. The van der Waals surface area contributed by atoms with Crippen LogP contribution in [0.5, 0.6) is 0 Å². The van der Waals surface area contributed by atoms with Gasteiger partial charge in [-0.3, -0.25) is 0 Å². The molecule has 0 fully saturated rings. The summed E-state index contributed by atoms with van der Waals surface area (Å²) in [5.74, 6) is 0. The Labute approximate surface area is 259 Å². The van der Waals surface area contributed by atoms with Crippen molar-refractivity contribution in [1.29, 1.82) is 0 Å². The van der Waals surface area contributed by atoms with Gasteiger partial charge in [0, 0.05) is 17.3 Å². The summed E-state index contributed by atoms with van der Waals surface area (Å²) >= 11 is 0. The van der Waals surface area contributed by atoms with Crippen LogP contribution in [0.15, 0.2) is 150 Å². The lowest BCUT2D eigenvalue weighted by Gasteiger charge is -2.43. The second-order valence-electron chi connectivity index (χ2n) is 11.8. The van der Waals surface area contributed by atoms with E-state index in [1.165, 1.54) is 34.5 Å². The number of aryl methyl sites for hydroxylation is 1. The fraction of sp³-hybridized carbons (Fsp3) is 0.103. The molecule has 0 spiro atoms. The molecule has 5 heteroatoms. The number of rotatable bonds is 5. The molecule has 1 aromatic heterocycles. The van der Waals surface area contributed by atoms with Crippen LogP contribution in [0.25, 0.3) is 22.3 Å². The first-order valence-electron chi connectivity index (χ1n) is 14.7. The summed E-state index contributed by atoms with van der Waals surface area (Å²) in [4.78, 5) is 6.63. The summed E-state index contributed by atoms with van der Waals surface area (Å²) in [5, 5.41) is 0.0458. The Morgan fingerprint density at radius 3 is 1.59 bits per heavy atom. The molecular formula is C39H32N2O2S. The molecule has 0 bridgehead atoms. The maximum atomic E-state index is 13.4. The topological polar surface area (TPSA) is 50.3 Å². The van der Waals surface area contributed by atoms with Crippen molar-refractivity contribution in [3.05, 3.63) is 156 Å². The van der Waals surface area contributed by atoms with Gasteiger partial charge in [0.05, 0.1) is 16.3 Å². The van der Waals surface area contributed by atoms with Crippen molar-refractivity contribution in [3.8, 4) is 22.3 Å². The van der Waals surface area contributed by atoms with E-state index in [2.05, 4.69) is 109 Å². The van der Waals surface area contributed by atoms with Gasteiger partial charge < -0.3 is 4.90 Å². The van der Waals surface area contributed by atoms with Crippen LogP contribution in [0.4, 0.5) is 17.1 Å². The van der Waals surface area contributed by atoms with E-state index < -0.39 is 9.84 Å². The Kier molecular flexibility index (Phi) is 6.71. The molecule has 44 heavy (non-hydrogen) atoms. The fourth-order valence-electron chi connectivity index (χ4n) is 6.29. The number of aromatic nitrogens is 1. The van der Waals surface area contributed by atoms with Crippen LogP contribution in [-0.2, 0) is 15.3 Å². The van der Waals surface area contributed by atoms with Crippen LogP contribution in [0.1, 0.15) is 30.5 Å². The standard InChI is InChI=1S/C39H32N2O2S/c1-27-24-32(44(42,43)38-16-10-11-23-40-38)19-22-35(27)41-36-20-17-30(28-12-6-4-7-13-28)25-33(36)39(2,3)34-26-31(18-21-37(34)41)29-14-8-5-9-15-29/h4-26H,1-3H3. The van der Waals surface area contributed by atoms with Gasteiger partial charge >= 0.3 is 0 Å². The number of hydrogen-bond acceptors (Lipinski definition) is 4. The quantitative estimate of drug-likeness (QED) is 0.200. The van der Waals surface area contributed by atoms with Gasteiger partial charge in [-0.05, 0) is 100 Å². The van der Waals surface area contributed by atoms with Crippen LogP contribution < -0.4 is 4.90 Å². The zero-order valence-corrected chi connectivity index (χ0v) is 25.7. The molecule has 0 atom stereocenters. The van der Waals surface area contributed by atoms with Gasteiger partial charge in [0.15, 0.2) is 5.03 Å². The highest BCUT2D eigenvalue weighted by Crippen LogP contribution is 2.54. The smallest absolute Gasteiger partial charge is 0.223 e. The Morgan fingerprint density at radius 2 is 1.09 bits per heavy atom. The zero-order chi connectivity index (χ0) is 30.5. The van der Waals surface area contributed by atoms with Gasteiger partial charge in [-0.15, -0.1) is 0 Å². The van der Waals surface area contributed by atoms with Crippen molar-refractivity contribution in [3.63, 3.8) is 0 Å². The van der Waals surface area contributed by atoms with E-state index in [1.807, 2.05) is 25.1 Å². The zero-order valence-electron chi connectivity index (χ0n) is 24.9. The molecule has 4 nitrogen and oxygen atoms in total. The molecule has 1 aliphatic rings. The molecular weight excluding hydrogens is 561 g/mol. The number of nitrogens with zero attached hydrogens (tertiary/aromatic N) is 2. The fourth-order valence-corrected chi connectivity index (χ4v) is 7.57. The number of benzene rings is 5. The summed E-state index contributed by atoms with van der Waals surface area (Å²) in [6.45, 7) is 6.56. The predicted molar refractivity (Wildman–Crippen MR) is 179 cm³/mol. The van der Waals surface area contributed by atoms with Gasteiger partial charge in [0.2, 0.25) is 9.84 Å². The minimum absolute atomic E-state index is 0.0458. The molecule has 0 saturated heterocycles. The van der Waals surface area contributed by atoms with Crippen molar-refractivity contribution in [2.75, 3.05) is 4.90 Å². The average molecular weight is 593 g/mol. The van der Waals surface area contributed by atoms with E-state index in [0.717, 1.165) is 33.8 Å². The van der Waals surface area contributed by atoms with Gasteiger partial charge in [0.1, 0.15) is 0 Å². The molecule has 0 amide bonds. The third kappa shape index (κ3) is 4.61. The summed E-state index contributed by atoms with van der Waals surface area (Å²) in [5.41, 5.74) is 10.7. The van der Waals surface area contributed by atoms with E-state index >= 15 is 0 Å². The summed E-state index contributed by atoms with van der Waals surface area (Å²) in [7, 11) is -3.75. The van der Waals surface area contributed by atoms with Crippen LogP contribution in [0, 0.1) is 6.92 Å². The number of sulfone groups is 1. The molecule has 0 aliphatic carbocycles. The SMILES string of the molecule is Cc1cc(S(=O)(=O)c2ccccn2)ccc1N1c2ccc(-c3ccccc3)cc2C(C)(C)c2cc(-c3ccccc3)ccc21. The minimum atomic E-state index is -3.75. The second-order valence-corrected chi connectivity index (χ2v) is 13.7. The van der Waals surface area contributed by atoms with E-state index in [-0.39, 0.29) is 15.3 Å². The van der Waals surface area contributed by atoms with Crippen LogP contribution in [0.2, 0.25) is 0 Å². The van der Waals surface area contributed by atoms with Gasteiger partial charge in [-0.25, -0.2) is 13.4 Å². The molecule has 0 N–H and O–H groups in total. The molecule has 7 rings (SSSR count). The number of pyridine rings is 1. The van der Waals surface area contributed by atoms with Gasteiger partial charge in [-0.1, -0.05) is 92.7 Å². The third-order valence-corrected chi connectivity index (χ3v) is 10.3. The van der Waals surface area contributed by atoms with Crippen molar-refractivity contribution >= 4 is 26.9 Å². The Bertz CT molecular complexity index is 2010. The maximum Gasteiger partial charge on any atom is 0.223 e. The monoisotopic (exact) mass is 592 g/mol. The van der Waals surface area contributed by atoms with E-state index in [9.17, 15) is 8.42 Å². The first kappa shape index (κ1) is 27.8. The lowest BCUT2D eigenvalue weighted by Crippen LogP contribution is -2.31. The molecule has 6 aromatic rings. The van der Waals surface area contributed by atoms with Crippen LogP contribution in [-0.4, -0.2) is 13.4 Å². The summed E-state index contributed by atoms with van der Waals surface area (Å²) in [6.07, 6.45) is 1.50. The molecule has 2 heterocycles. The highest BCUT2D eigenvalue weighted by molar-refractivity contribution is 7.91. The first-order chi connectivity index (χ1) is 21.2. The van der Waals surface area contributed by atoms with Crippen LogP contribution in [0.3, 0.4) is 0 Å². The minimum Gasteiger partial charge on any atom is -0.310 e. The lowest BCUT2D eigenvalue weighted by molar-refractivity contribution is 0.592. The Morgan fingerprint density at radius 1 is 0.568 bits per heavy atom. The second kappa shape index (κ2) is 10.6. The van der Waals surface area contributed by atoms with Crippen molar-refractivity contribution < 1.29 is 8.42 Å². The summed E-state index contributed by atoms with van der Waals surface area (Å²) in [6, 6.07) is 44.6. The maximum absolute atomic E-state index is 13.4. The normalized spacial score (nSPS) is 13.7. The average Bonchev–Trinajstić information content (AvgIpc) is 3.06. The number of anilines is 3. The van der Waals surface area contributed by atoms with E-state index in [0.29, 0.717) is 0 Å². The number of hydrogen-bond donors (Lipinski definition) is 0. The number of fused-ring (bicyclic) bond motifs is 2. The first-order valence-corrected chi connectivity index (χ1v) is 16.2. The predicted octanol–water partition coefficient (Wildman–Crippen LogP) is 9.67. The molecule has 5 aromatic carbocycles. The molecule has 0 saturated carbocycles.